The van der Waals surface area contributed by atoms with E-state index in [0.29, 0.717) is 6.04 Å². The molecule has 2 aromatic rings. The number of likely N-dealkylation sites (tertiary alicyclic amines) is 1. The predicted octanol–water partition coefficient (Wildman–Crippen LogP) is 2.12. The normalized spacial score (nSPS) is 17.3. The summed E-state index contributed by atoms with van der Waals surface area (Å²) in [5.74, 6) is 1.68. The molecular weight excluding hydrogens is 312 g/mol. The molecule has 1 fully saturated rings. The maximum Gasteiger partial charge on any atom is 0.227 e. The number of aromatic nitrogens is 2. The quantitative estimate of drug-likeness (QED) is 0.834. The van der Waals surface area contributed by atoms with Gasteiger partial charge in [0.05, 0.1) is 11.6 Å². The van der Waals surface area contributed by atoms with E-state index in [0.717, 1.165) is 43.4 Å². The Morgan fingerprint density at radius 3 is 2.88 bits per heavy atom. The van der Waals surface area contributed by atoms with Crippen LogP contribution in [0.5, 0.6) is 0 Å². The second-order valence-corrected chi connectivity index (χ2v) is 6.71. The summed E-state index contributed by atoms with van der Waals surface area (Å²) in [6.45, 7) is 2.89. The van der Waals surface area contributed by atoms with Crippen molar-refractivity contribution in [2.24, 2.45) is 0 Å². The van der Waals surface area contributed by atoms with Crippen LogP contribution in [-0.4, -0.2) is 55.1 Å². The Labute approximate surface area is 149 Å². The van der Waals surface area contributed by atoms with Crippen LogP contribution in [0.25, 0.3) is 0 Å². The number of nitriles is 1. The molecule has 1 aromatic heterocycles. The monoisotopic (exact) mass is 336 g/mol. The highest BCUT2D eigenvalue weighted by atomic mass is 15.3. The number of anilines is 2. The average molecular weight is 336 g/mol. The van der Waals surface area contributed by atoms with Crippen LogP contribution in [0, 0.1) is 11.3 Å². The minimum atomic E-state index is 0.400. The lowest BCUT2D eigenvalue weighted by molar-refractivity contribution is 0.325. The molecule has 0 radical (unpaired) electrons. The molecule has 6 nitrogen and oxygen atoms in total. The first-order chi connectivity index (χ1) is 12.1. The zero-order valence-electron chi connectivity index (χ0n) is 15.1. The lowest BCUT2D eigenvalue weighted by Gasteiger charge is -2.25. The second kappa shape index (κ2) is 7.49. The van der Waals surface area contributed by atoms with Crippen molar-refractivity contribution in [1.82, 2.24) is 14.9 Å². The molecule has 6 heteroatoms. The van der Waals surface area contributed by atoms with Gasteiger partial charge in [0.15, 0.2) is 0 Å². The largest absolute Gasteiger partial charge is 0.363 e. The van der Waals surface area contributed by atoms with Gasteiger partial charge in [-0.05, 0) is 30.2 Å². The Kier molecular flexibility index (Phi) is 5.15. The fraction of sp³-hybridized carbons (Fsp3) is 0.421. The van der Waals surface area contributed by atoms with E-state index in [9.17, 15) is 0 Å². The van der Waals surface area contributed by atoms with E-state index in [2.05, 4.69) is 39.0 Å². The van der Waals surface area contributed by atoms with Gasteiger partial charge in [0, 0.05) is 53.0 Å². The second-order valence-electron chi connectivity index (χ2n) is 6.71. The summed E-state index contributed by atoms with van der Waals surface area (Å²) in [5.41, 5.74) is 1.91. The van der Waals surface area contributed by atoms with Crippen molar-refractivity contribution in [2.75, 3.05) is 44.0 Å². The number of hydrogen-bond donors (Lipinski definition) is 0. The van der Waals surface area contributed by atoms with Crippen LogP contribution < -0.4 is 9.80 Å². The Hall–Kier alpha value is -2.65. The highest BCUT2D eigenvalue weighted by Crippen LogP contribution is 2.21. The van der Waals surface area contributed by atoms with Gasteiger partial charge in [-0.15, -0.1) is 0 Å². The highest BCUT2D eigenvalue weighted by Gasteiger charge is 2.27. The Morgan fingerprint density at radius 1 is 1.28 bits per heavy atom. The van der Waals surface area contributed by atoms with E-state index in [-0.39, 0.29) is 0 Å². The van der Waals surface area contributed by atoms with Crippen LogP contribution in [0.1, 0.15) is 17.5 Å². The Bertz CT molecular complexity index is 767. The van der Waals surface area contributed by atoms with Crippen molar-refractivity contribution in [3.05, 3.63) is 47.7 Å². The summed E-state index contributed by atoms with van der Waals surface area (Å²) in [7, 11) is 6.04. The molecule has 0 bridgehead atoms. The fourth-order valence-electron chi connectivity index (χ4n) is 3.19. The van der Waals surface area contributed by atoms with Gasteiger partial charge in [-0.25, -0.2) is 4.98 Å². The first kappa shape index (κ1) is 17.2. The van der Waals surface area contributed by atoms with Crippen molar-refractivity contribution in [3.8, 4) is 6.07 Å². The van der Waals surface area contributed by atoms with Gasteiger partial charge in [0.25, 0.3) is 0 Å². The van der Waals surface area contributed by atoms with Gasteiger partial charge >= 0.3 is 0 Å². The molecule has 0 spiro atoms. The van der Waals surface area contributed by atoms with E-state index < -0.39 is 0 Å². The van der Waals surface area contributed by atoms with E-state index in [1.807, 2.05) is 49.5 Å². The fourth-order valence-corrected chi connectivity index (χ4v) is 3.19. The Balaban J connectivity index is 1.64. The van der Waals surface area contributed by atoms with Crippen LogP contribution in [0.3, 0.4) is 0 Å². The summed E-state index contributed by atoms with van der Waals surface area (Å²) < 4.78 is 0. The zero-order chi connectivity index (χ0) is 17.8. The zero-order valence-corrected chi connectivity index (χ0v) is 15.1. The molecule has 1 unspecified atom stereocenters. The number of nitrogens with zero attached hydrogens (tertiary/aromatic N) is 6. The molecule has 3 rings (SSSR count). The third-order valence-corrected chi connectivity index (χ3v) is 4.66. The standard InChI is InChI=1S/C19H24N6/c1-23(2)18-7-9-21-19(22-18)24(3)17-8-10-25(14-17)13-16-6-4-5-15(11-16)12-20/h4-7,9,11,17H,8,10,13-14H2,1-3H3. The number of rotatable bonds is 5. The molecule has 0 N–H and O–H groups in total. The maximum atomic E-state index is 9.04. The van der Waals surface area contributed by atoms with Crippen molar-refractivity contribution in [1.29, 1.82) is 5.26 Å². The summed E-state index contributed by atoms with van der Waals surface area (Å²) >= 11 is 0. The topological polar surface area (TPSA) is 59.3 Å². The highest BCUT2D eigenvalue weighted by molar-refractivity contribution is 5.42. The molecule has 2 heterocycles. The molecule has 1 aliphatic heterocycles. The van der Waals surface area contributed by atoms with Crippen molar-refractivity contribution in [2.45, 2.75) is 19.0 Å². The van der Waals surface area contributed by atoms with Gasteiger partial charge in [0.2, 0.25) is 5.95 Å². The van der Waals surface area contributed by atoms with Crippen LogP contribution in [0.4, 0.5) is 11.8 Å². The minimum Gasteiger partial charge on any atom is -0.363 e. The molecule has 0 aliphatic carbocycles. The smallest absolute Gasteiger partial charge is 0.227 e. The van der Waals surface area contributed by atoms with Crippen molar-refractivity contribution >= 4 is 11.8 Å². The van der Waals surface area contributed by atoms with Gasteiger partial charge in [0.1, 0.15) is 5.82 Å². The van der Waals surface area contributed by atoms with E-state index in [4.69, 9.17) is 5.26 Å². The summed E-state index contributed by atoms with van der Waals surface area (Å²) in [6, 6.07) is 12.4. The summed E-state index contributed by atoms with van der Waals surface area (Å²) in [4.78, 5) is 15.7. The predicted molar refractivity (Wildman–Crippen MR) is 99.6 cm³/mol. The SMILES string of the molecule is CN(C)c1ccnc(N(C)C2CCN(Cc3cccc(C#N)c3)C2)n1. The molecule has 0 saturated carbocycles. The van der Waals surface area contributed by atoms with Gasteiger partial charge in [-0.1, -0.05) is 12.1 Å². The minimum absolute atomic E-state index is 0.400. The summed E-state index contributed by atoms with van der Waals surface area (Å²) in [5, 5.41) is 9.04. The average Bonchev–Trinajstić information content (AvgIpc) is 3.09. The van der Waals surface area contributed by atoms with E-state index in [1.54, 1.807) is 0 Å². The van der Waals surface area contributed by atoms with Gasteiger partial charge in [-0.2, -0.15) is 10.2 Å². The van der Waals surface area contributed by atoms with Crippen LogP contribution in [0.15, 0.2) is 36.5 Å². The molecular formula is C19H24N6. The van der Waals surface area contributed by atoms with E-state index >= 15 is 0 Å². The summed E-state index contributed by atoms with van der Waals surface area (Å²) in [6.07, 6.45) is 2.90. The molecule has 130 valence electrons. The first-order valence-corrected chi connectivity index (χ1v) is 8.51. The number of hydrogen-bond acceptors (Lipinski definition) is 6. The molecule has 1 saturated heterocycles. The third kappa shape index (κ3) is 4.06. The van der Waals surface area contributed by atoms with Gasteiger partial charge < -0.3 is 9.80 Å². The molecule has 0 amide bonds. The lowest BCUT2D eigenvalue weighted by Crippen LogP contribution is -2.35. The van der Waals surface area contributed by atoms with Gasteiger partial charge in [-0.3, -0.25) is 4.90 Å². The Morgan fingerprint density at radius 2 is 2.12 bits per heavy atom. The lowest BCUT2D eigenvalue weighted by atomic mass is 10.1. The first-order valence-electron chi connectivity index (χ1n) is 8.51. The van der Waals surface area contributed by atoms with E-state index in [1.165, 1.54) is 5.56 Å². The molecule has 1 aromatic carbocycles. The number of benzene rings is 1. The van der Waals surface area contributed by atoms with Crippen LogP contribution in [-0.2, 0) is 6.54 Å². The van der Waals surface area contributed by atoms with Crippen LogP contribution in [0.2, 0.25) is 0 Å². The third-order valence-electron chi connectivity index (χ3n) is 4.66. The number of likely N-dealkylation sites (N-methyl/N-ethyl adjacent to an activating group) is 1. The molecule has 1 aliphatic rings. The van der Waals surface area contributed by atoms with Crippen molar-refractivity contribution < 1.29 is 0 Å². The van der Waals surface area contributed by atoms with Crippen LogP contribution >= 0.6 is 0 Å². The van der Waals surface area contributed by atoms with Crippen molar-refractivity contribution in [3.63, 3.8) is 0 Å². The maximum absolute atomic E-state index is 9.04. The molecule has 25 heavy (non-hydrogen) atoms. The molecule has 1 atom stereocenters.